The van der Waals surface area contributed by atoms with E-state index in [4.69, 9.17) is 5.11 Å². The van der Waals surface area contributed by atoms with Crippen molar-refractivity contribution in [1.29, 1.82) is 0 Å². The summed E-state index contributed by atoms with van der Waals surface area (Å²) in [6, 6.07) is 0. The Balaban J connectivity index is 2.39. The molecule has 4 heteroatoms. The number of hydrogen-bond donors (Lipinski definition) is 2. The first-order valence-corrected chi connectivity index (χ1v) is 6.21. The van der Waals surface area contributed by atoms with Gasteiger partial charge in [-0.05, 0) is 24.2 Å². The van der Waals surface area contributed by atoms with E-state index in [1.165, 1.54) is 0 Å². The van der Waals surface area contributed by atoms with Gasteiger partial charge in [0, 0.05) is 12.5 Å². The molecule has 0 radical (unpaired) electrons. The molecule has 0 aromatic heterocycles. The molecule has 1 rings (SSSR count). The third kappa shape index (κ3) is 4.75. The molecule has 17 heavy (non-hydrogen) atoms. The monoisotopic (exact) mass is 241 g/mol. The van der Waals surface area contributed by atoms with Crippen molar-refractivity contribution in [2.75, 3.05) is 6.54 Å². The van der Waals surface area contributed by atoms with Gasteiger partial charge in [-0.25, -0.2) is 0 Å². The quantitative estimate of drug-likeness (QED) is 0.772. The first-order valence-electron chi connectivity index (χ1n) is 6.21. The Hall–Kier alpha value is -1.06. The zero-order valence-corrected chi connectivity index (χ0v) is 11.1. The van der Waals surface area contributed by atoms with Gasteiger partial charge in [0.2, 0.25) is 5.91 Å². The molecule has 0 aliphatic heterocycles. The zero-order chi connectivity index (χ0) is 13.2. The fourth-order valence-electron chi connectivity index (χ4n) is 2.03. The summed E-state index contributed by atoms with van der Waals surface area (Å²) >= 11 is 0. The summed E-state index contributed by atoms with van der Waals surface area (Å²) in [4.78, 5) is 22.7. The second kappa shape index (κ2) is 5.07. The second-order valence-corrected chi connectivity index (χ2v) is 6.36. The predicted octanol–water partition coefficient (Wildman–Crippen LogP) is 1.90. The van der Waals surface area contributed by atoms with Crippen molar-refractivity contribution in [2.24, 2.45) is 23.2 Å². The molecular formula is C13H23NO3. The summed E-state index contributed by atoms with van der Waals surface area (Å²) in [5.41, 5.74) is -0.0410. The van der Waals surface area contributed by atoms with Crippen LogP contribution in [0.5, 0.6) is 0 Å². The van der Waals surface area contributed by atoms with Crippen LogP contribution in [-0.4, -0.2) is 23.5 Å². The number of amides is 1. The first kappa shape index (κ1) is 14.0. The van der Waals surface area contributed by atoms with Gasteiger partial charge in [0.1, 0.15) is 0 Å². The number of carboxylic acid groups (broad SMARTS) is 1. The molecule has 2 N–H and O–H groups in total. The van der Waals surface area contributed by atoms with Gasteiger partial charge in [-0.2, -0.15) is 0 Å². The van der Waals surface area contributed by atoms with Crippen LogP contribution in [0.1, 0.15) is 40.5 Å². The molecule has 0 aromatic rings. The SMILES string of the molecule is CC1CC1C(=O)NCC(CC(C)(C)C)C(=O)O. The summed E-state index contributed by atoms with van der Waals surface area (Å²) in [5, 5.41) is 11.9. The summed E-state index contributed by atoms with van der Waals surface area (Å²) in [5.74, 6) is -0.741. The van der Waals surface area contributed by atoms with E-state index < -0.39 is 11.9 Å². The third-order valence-corrected chi connectivity index (χ3v) is 3.18. The number of aliphatic carboxylic acids is 1. The topological polar surface area (TPSA) is 66.4 Å². The second-order valence-electron chi connectivity index (χ2n) is 6.36. The lowest BCUT2D eigenvalue weighted by Crippen LogP contribution is -2.35. The Morgan fingerprint density at radius 3 is 2.29 bits per heavy atom. The molecule has 98 valence electrons. The molecule has 4 nitrogen and oxygen atoms in total. The molecule has 0 spiro atoms. The lowest BCUT2D eigenvalue weighted by atomic mass is 9.84. The smallest absolute Gasteiger partial charge is 0.308 e. The number of carboxylic acids is 1. The molecule has 1 saturated carbocycles. The van der Waals surface area contributed by atoms with E-state index in [0.29, 0.717) is 12.3 Å². The van der Waals surface area contributed by atoms with Gasteiger partial charge in [0.05, 0.1) is 5.92 Å². The molecule has 1 aliphatic rings. The van der Waals surface area contributed by atoms with Crippen LogP contribution in [0, 0.1) is 23.2 Å². The van der Waals surface area contributed by atoms with Crippen molar-refractivity contribution >= 4 is 11.9 Å². The van der Waals surface area contributed by atoms with Gasteiger partial charge in [-0.1, -0.05) is 27.7 Å². The highest BCUT2D eigenvalue weighted by Gasteiger charge is 2.39. The minimum Gasteiger partial charge on any atom is -0.481 e. The average molecular weight is 241 g/mol. The lowest BCUT2D eigenvalue weighted by molar-refractivity contribution is -0.142. The molecule has 3 unspecified atom stereocenters. The largest absolute Gasteiger partial charge is 0.481 e. The van der Waals surface area contributed by atoms with E-state index in [1.807, 2.05) is 27.7 Å². The summed E-state index contributed by atoms with van der Waals surface area (Å²) in [6.07, 6.45) is 1.51. The van der Waals surface area contributed by atoms with E-state index in [1.54, 1.807) is 0 Å². The molecule has 1 amide bonds. The van der Waals surface area contributed by atoms with Crippen LogP contribution in [0.3, 0.4) is 0 Å². The Labute approximate surface area is 103 Å². The van der Waals surface area contributed by atoms with Crippen molar-refractivity contribution in [3.05, 3.63) is 0 Å². The Bertz CT molecular complexity index is 306. The van der Waals surface area contributed by atoms with Crippen molar-refractivity contribution in [2.45, 2.75) is 40.5 Å². The average Bonchev–Trinajstić information content (AvgIpc) is 2.87. The molecule has 3 atom stereocenters. The minimum atomic E-state index is -0.830. The maximum absolute atomic E-state index is 11.6. The molecular weight excluding hydrogens is 218 g/mol. The minimum absolute atomic E-state index is 0.0117. The highest BCUT2D eigenvalue weighted by atomic mass is 16.4. The number of carbonyl (C=O) groups excluding carboxylic acids is 1. The number of carbonyl (C=O) groups is 2. The fourth-order valence-corrected chi connectivity index (χ4v) is 2.03. The van der Waals surface area contributed by atoms with Crippen LogP contribution < -0.4 is 5.32 Å². The van der Waals surface area contributed by atoms with Gasteiger partial charge in [0.15, 0.2) is 0 Å². The van der Waals surface area contributed by atoms with E-state index in [-0.39, 0.29) is 23.8 Å². The van der Waals surface area contributed by atoms with E-state index in [2.05, 4.69) is 5.32 Å². The van der Waals surface area contributed by atoms with Crippen LogP contribution in [-0.2, 0) is 9.59 Å². The molecule has 0 saturated heterocycles. The van der Waals surface area contributed by atoms with E-state index >= 15 is 0 Å². The van der Waals surface area contributed by atoms with Crippen LogP contribution in [0.15, 0.2) is 0 Å². The van der Waals surface area contributed by atoms with Crippen LogP contribution in [0.4, 0.5) is 0 Å². The Morgan fingerprint density at radius 1 is 1.41 bits per heavy atom. The normalized spacial score (nSPS) is 25.2. The molecule has 1 aliphatic carbocycles. The summed E-state index contributed by atoms with van der Waals surface area (Å²) in [7, 11) is 0. The molecule has 0 heterocycles. The summed E-state index contributed by atoms with van der Waals surface area (Å²) in [6.45, 7) is 8.30. The number of hydrogen-bond acceptors (Lipinski definition) is 2. The molecule has 0 bridgehead atoms. The van der Waals surface area contributed by atoms with Crippen LogP contribution in [0.2, 0.25) is 0 Å². The third-order valence-electron chi connectivity index (χ3n) is 3.18. The van der Waals surface area contributed by atoms with Crippen molar-refractivity contribution in [3.8, 4) is 0 Å². The van der Waals surface area contributed by atoms with E-state index in [0.717, 1.165) is 6.42 Å². The Kier molecular flexibility index (Phi) is 4.17. The predicted molar refractivity (Wildman–Crippen MR) is 65.5 cm³/mol. The fraction of sp³-hybridized carbons (Fsp3) is 0.846. The van der Waals surface area contributed by atoms with Gasteiger partial charge < -0.3 is 10.4 Å². The summed E-state index contributed by atoms with van der Waals surface area (Å²) < 4.78 is 0. The number of nitrogens with one attached hydrogen (secondary N) is 1. The van der Waals surface area contributed by atoms with Crippen molar-refractivity contribution in [1.82, 2.24) is 5.32 Å². The first-order chi connectivity index (χ1) is 7.70. The van der Waals surface area contributed by atoms with Gasteiger partial charge in [-0.15, -0.1) is 0 Å². The van der Waals surface area contributed by atoms with Gasteiger partial charge >= 0.3 is 5.97 Å². The maximum Gasteiger partial charge on any atom is 0.308 e. The standard InChI is InChI=1S/C13H23NO3/c1-8-5-10(8)11(15)14-7-9(12(16)17)6-13(2,3)4/h8-10H,5-7H2,1-4H3,(H,14,15)(H,16,17). The van der Waals surface area contributed by atoms with Crippen LogP contribution in [0.25, 0.3) is 0 Å². The lowest BCUT2D eigenvalue weighted by Gasteiger charge is -2.23. The molecule has 0 aromatic carbocycles. The van der Waals surface area contributed by atoms with Gasteiger partial charge in [-0.3, -0.25) is 9.59 Å². The maximum atomic E-state index is 11.6. The highest BCUT2D eigenvalue weighted by molar-refractivity contribution is 5.82. The van der Waals surface area contributed by atoms with Crippen LogP contribution >= 0.6 is 0 Å². The van der Waals surface area contributed by atoms with Gasteiger partial charge in [0.25, 0.3) is 0 Å². The Morgan fingerprint density at radius 2 is 1.94 bits per heavy atom. The van der Waals surface area contributed by atoms with Crippen molar-refractivity contribution in [3.63, 3.8) is 0 Å². The van der Waals surface area contributed by atoms with Crippen molar-refractivity contribution < 1.29 is 14.7 Å². The zero-order valence-electron chi connectivity index (χ0n) is 11.1. The highest BCUT2D eigenvalue weighted by Crippen LogP contribution is 2.37. The van der Waals surface area contributed by atoms with E-state index in [9.17, 15) is 9.59 Å². The number of rotatable bonds is 5. The molecule has 1 fully saturated rings.